The second-order valence-electron chi connectivity index (χ2n) is 9.92. The van der Waals surface area contributed by atoms with Gasteiger partial charge in [-0.3, -0.25) is 4.79 Å². The highest BCUT2D eigenvalue weighted by atomic mass is 19.1. The van der Waals surface area contributed by atoms with Crippen molar-refractivity contribution in [1.82, 2.24) is 24.8 Å². The monoisotopic (exact) mass is 505 g/mol. The molecule has 37 heavy (non-hydrogen) atoms. The number of anilines is 4. The van der Waals surface area contributed by atoms with Crippen molar-refractivity contribution in [3.63, 3.8) is 0 Å². The lowest BCUT2D eigenvalue weighted by atomic mass is 10.1. The van der Waals surface area contributed by atoms with Crippen LogP contribution in [0, 0.1) is 23.1 Å². The van der Waals surface area contributed by atoms with E-state index in [2.05, 4.69) is 48.5 Å². The summed E-state index contributed by atoms with van der Waals surface area (Å²) in [6, 6.07) is 5.78. The molecular weight excluding hydrogens is 473 g/mol. The molecule has 3 aliphatic rings. The molecule has 0 aromatic carbocycles. The van der Waals surface area contributed by atoms with Gasteiger partial charge in [0.1, 0.15) is 17.5 Å². The molecule has 0 spiro atoms. The van der Waals surface area contributed by atoms with Crippen molar-refractivity contribution < 1.29 is 9.18 Å². The molecule has 3 fully saturated rings. The van der Waals surface area contributed by atoms with E-state index in [9.17, 15) is 14.4 Å². The maximum absolute atomic E-state index is 14.5. The van der Waals surface area contributed by atoms with Gasteiger partial charge in [0.05, 0.1) is 18.1 Å². The maximum Gasteiger partial charge on any atom is 0.264 e. The average Bonchev–Trinajstić information content (AvgIpc) is 3.62. The number of nitriles is 1. The normalized spacial score (nSPS) is 20.6. The summed E-state index contributed by atoms with van der Waals surface area (Å²) in [5, 5.41) is 15.6. The molecule has 4 heterocycles. The van der Waals surface area contributed by atoms with E-state index in [4.69, 9.17) is 0 Å². The standard InChI is InChI=1S/C26H32FN9O/c1-34-9-11-35(12-10-34)23-7-6-20(15-29-23)32-26-31-17-22(27)24(33-26)30-16-21-3-2-8-36(21)25(37)19(14-28)13-18-4-5-18/h6-7,13,15,17-18,21H,2-5,8-12,16H2,1H3,(H2,30,31,32,33)/b19-13-. The first kappa shape index (κ1) is 24.9. The number of carbonyl (C=O) groups excluding carboxylic acids is 1. The molecule has 2 aliphatic heterocycles. The van der Waals surface area contributed by atoms with E-state index in [1.807, 2.05) is 12.1 Å². The van der Waals surface area contributed by atoms with Crippen LogP contribution in [0.25, 0.3) is 0 Å². The van der Waals surface area contributed by atoms with Crippen molar-refractivity contribution >= 4 is 29.2 Å². The molecule has 10 nitrogen and oxygen atoms in total. The predicted octanol–water partition coefficient (Wildman–Crippen LogP) is 2.77. The summed E-state index contributed by atoms with van der Waals surface area (Å²) in [6.45, 7) is 4.80. The van der Waals surface area contributed by atoms with Gasteiger partial charge in [0.2, 0.25) is 5.95 Å². The third-order valence-corrected chi connectivity index (χ3v) is 7.09. The molecule has 0 radical (unpaired) electrons. The molecular formula is C26H32FN9O. The highest BCUT2D eigenvalue weighted by molar-refractivity contribution is 5.97. The molecule has 1 aliphatic carbocycles. The summed E-state index contributed by atoms with van der Waals surface area (Å²) in [5.41, 5.74) is 0.913. The molecule has 1 atom stereocenters. The van der Waals surface area contributed by atoms with E-state index < -0.39 is 5.82 Å². The van der Waals surface area contributed by atoms with E-state index in [0.717, 1.165) is 63.9 Å². The average molecular weight is 506 g/mol. The Morgan fingerprint density at radius 3 is 2.68 bits per heavy atom. The molecule has 2 N–H and O–H groups in total. The zero-order valence-electron chi connectivity index (χ0n) is 21.0. The van der Waals surface area contributed by atoms with E-state index >= 15 is 0 Å². The molecule has 1 unspecified atom stereocenters. The fraction of sp³-hybridized carbons (Fsp3) is 0.500. The van der Waals surface area contributed by atoms with Crippen LogP contribution in [0.2, 0.25) is 0 Å². The van der Waals surface area contributed by atoms with Gasteiger partial charge < -0.3 is 25.3 Å². The van der Waals surface area contributed by atoms with Crippen molar-refractivity contribution in [2.75, 3.05) is 61.8 Å². The van der Waals surface area contributed by atoms with Crippen molar-refractivity contribution in [3.05, 3.63) is 42.0 Å². The van der Waals surface area contributed by atoms with Gasteiger partial charge >= 0.3 is 0 Å². The number of allylic oxidation sites excluding steroid dienone is 1. The van der Waals surface area contributed by atoms with Crippen LogP contribution in [0.5, 0.6) is 0 Å². The number of piperazine rings is 1. The van der Waals surface area contributed by atoms with Gasteiger partial charge in [-0.25, -0.2) is 14.4 Å². The summed E-state index contributed by atoms with van der Waals surface area (Å²) < 4.78 is 14.5. The molecule has 11 heteroatoms. The number of nitrogens with one attached hydrogen (secondary N) is 2. The van der Waals surface area contributed by atoms with Gasteiger partial charge in [-0.15, -0.1) is 0 Å². The number of carbonyl (C=O) groups is 1. The molecule has 5 rings (SSSR count). The van der Waals surface area contributed by atoms with Gasteiger partial charge in [0.15, 0.2) is 11.6 Å². The van der Waals surface area contributed by atoms with Gasteiger partial charge in [-0.1, -0.05) is 6.08 Å². The number of hydrogen-bond donors (Lipinski definition) is 2. The molecule has 2 aromatic heterocycles. The Morgan fingerprint density at radius 1 is 1.16 bits per heavy atom. The van der Waals surface area contributed by atoms with Crippen LogP contribution in [0.3, 0.4) is 0 Å². The van der Waals surface area contributed by atoms with Gasteiger partial charge in [0, 0.05) is 45.3 Å². The number of aromatic nitrogens is 3. The molecule has 1 saturated carbocycles. The Labute approximate surface area is 216 Å². The first-order valence-electron chi connectivity index (χ1n) is 12.9. The first-order valence-corrected chi connectivity index (χ1v) is 12.9. The maximum atomic E-state index is 14.5. The Kier molecular flexibility index (Phi) is 7.46. The summed E-state index contributed by atoms with van der Waals surface area (Å²) in [6.07, 6.45) is 8.32. The van der Waals surface area contributed by atoms with Gasteiger partial charge in [-0.2, -0.15) is 10.2 Å². The second-order valence-corrected chi connectivity index (χ2v) is 9.92. The minimum atomic E-state index is -0.573. The van der Waals surface area contributed by atoms with E-state index in [1.165, 1.54) is 0 Å². The zero-order chi connectivity index (χ0) is 25.8. The number of likely N-dealkylation sites (N-methyl/N-ethyl adjacent to an activating group) is 1. The summed E-state index contributed by atoms with van der Waals surface area (Å²) in [5.74, 6) is 0.762. The van der Waals surface area contributed by atoms with Crippen LogP contribution in [0.1, 0.15) is 25.7 Å². The molecule has 1 amide bonds. The van der Waals surface area contributed by atoms with Crippen molar-refractivity contribution in [1.29, 1.82) is 5.26 Å². The number of hydrogen-bond acceptors (Lipinski definition) is 9. The largest absolute Gasteiger partial charge is 0.365 e. The SMILES string of the molecule is CN1CCN(c2ccc(Nc3ncc(F)c(NCC4CCCN4C(=O)/C(C#N)=C\C4CC4)n3)cn2)CC1. The molecule has 194 valence electrons. The zero-order valence-corrected chi connectivity index (χ0v) is 21.0. The van der Waals surface area contributed by atoms with E-state index in [1.54, 1.807) is 17.2 Å². The van der Waals surface area contributed by atoms with Crippen LogP contribution in [0.4, 0.5) is 27.7 Å². The van der Waals surface area contributed by atoms with Crippen LogP contribution < -0.4 is 15.5 Å². The number of amides is 1. The lowest BCUT2D eigenvalue weighted by molar-refractivity contribution is -0.127. The highest BCUT2D eigenvalue weighted by Crippen LogP contribution is 2.32. The van der Waals surface area contributed by atoms with Crippen molar-refractivity contribution in [2.24, 2.45) is 5.92 Å². The molecule has 2 saturated heterocycles. The van der Waals surface area contributed by atoms with Gasteiger partial charge in [-0.05, 0) is 50.8 Å². The number of halogens is 1. The first-order chi connectivity index (χ1) is 18.0. The van der Waals surface area contributed by atoms with Crippen LogP contribution in [0.15, 0.2) is 36.2 Å². The van der Waals surface area contributed by atoms with Crippen LogP contribution >= 0.6 is 0 Å². The number of rotatable bonds is 8. The number of nitrogens with zero attached hydrogens (tertiary/aromatic N) is 7. The molecule has 0 bridgehead atoms. The van der Waals surface area contributed by atoms with E-state index in [-0.39, 0.29) is 29.3 Å². The fourth-order valence-corrected chi connectivity index (χ4v) is 4.70. The summed E-state index contributed by atoms with van der Waals surface area (Å²) in [7, 11) is 2.12. The van der Waals surface area contributed by atoms with Gasteiger partial charge in [0.25, 0.3) is 5.91 Å². The smallest absolute Gasteiger partial charge is 0.264 e. The summed E-state index contributed by atoms with van der Waals surface area (Å²) >= 11 is 0. The second kappa shape index (κ2) is 11.1. The Hall–Kier alpha value is -3.78. The van der Waals surface area contributed by atoms with Crippen molar-refractivity contribution in [3.8, 4) is 6.07 Å². The van der Waals surface area contributed by atoms with Crippen LogP contribution in [-0.2, 0) is 4.79 Å². The predicted molar refractivity (Wildman–Crippen MR) is 139 cm³/mol. The Bertz CT molecular complexity index is 1180. The third-order valence-electron chi connectivity index (χ3n) is 7.09. The van der Waals surface area contributed by atoms with Crippen molar-refractivity contribution in [2.45, 2.75) is 31.7 Å². The minimum absolute atomic E-state index is 0.0628. The quantitative estimate of drug-likeness (QED) is 0.413. The Morgan fingerprint density at radius 2 is 1.97 bits per heavy atom. The van der Waals surface area contributed by atoms with E-state index in [0.29, 0.717) is 24.7 Å². The topological polar surface area (TPSA) is 113 Å². The molecule has 2 aromatic rings. The fourth-order valence-electron chi connectivity index (χ4n) is 4.70. The Balaban J connectivity index is 1.19. The number of pyridine rings is 1. The lowest BCUT2D eigenvalue weighted by Crippen LogP contribution is -2.44. The third kappa shape index (κ3) is 6.14. The lowest BCUT2D eigenvalue weighted by Gasteiger charge is -2.33. The van der Waals surface area contributed by atoms with Crippen LogP contribution in [-0.4, -0.2) is 83.0 Å². The minimum Gasteiger partial charge on any atom is -0.365 e. The summed E-state index contributed by atoms with van der Waals surface area (Å²) in [4.78, 5) is 32.1. The highest BCUT2D eigenvalue weighted by Gasteiger charge is 2.32. The number of likely N-dealkylation sites (tertiary alicyclic amines) is 1.